The Labute approximate surface area is 256 Å². The Hall–Kier alpha value is -5.35. The molecular formula is C33H23ClN4O6. The number of para-hydroxylation sites is 1. The third kappa shape index (κ3) is 3.74. The summed E-state index contributed by atoms with van der Waals surface area (Å²) in [5, 5.41) is 16.0. The van der Waals surface area contributed by atoms with E-state index in [1.165, 1.54) is 30.4 Å². The monoisotopic (exact) mass is 606 g/mol. The smallest absolute Gasteiger partial charge is 0.275 e. The molecule has 0 spiro atoms. The fraction of sp³-hybridized carbons (Fsp3) is 0.152. The standard InChI is InChI=1S/C33H23ClN4O6/c1-44-26-15-14-18(38(42)43)16-21(26)30(39)36-35-17-33-22-10-4-2-8-19(22)27(20-9-3-5-11-23(20)33)28-29(33)32(41)37(31(28)40)25-13-7-6-12-24(25)34/h2-17,27-29H,1H3,(H,36,39)/b35-17-/t27?,28-,29+,33?/m1/s1. The van der Waals surface area contributed by atoms with Gasteiger partial charge in [-0.15, -0.1) is 0 Å². The lowest BCUT2D eigenvalue weighted by Gasteiger charge is -2.52. The second kappa shape index (κ2) is 10.1. The molecule has 2 atom stereocenters. The molecule has 4 aromatic rings. The molecule has 1 heterocycles. The molecule has 3 aliphatic carbocycles. The van der Waals surface area contributed by atoms with Gasteiger partial charge < -0.3 is 4.74 Å². The van der Waals surface area contributed by atoms with Crippen LogP contribution in [0.2, 0.25) is 5.02 Å². The third-order valence-corrected chi connectivity index (χ3v) is 9.17. The third-order valence-electron chi connectivity index (χ3n) is 8.85. The molecular weight excluding hydrogens is 584 g/mol. The van der Waals surface area contributed by atoms with Gasteiger partial charge in [0.1, 0.15) is 5.75 Å². The number of hydrogen-bond donors (Lipinski definition) is 1. The number of ether oxygens (including phenoxy) is 1. The lowest BCUT2D eigenvalue weighted by Crippen LogP contribution is -2.54. The summed E-state index contributed by atoms with van der Waals surface area (Å²) in [6.07, 6.45) is 1.51. The number of hydrazone groups is 1. The van der Waals surface area contributed by atoms with Crippen LogP contribution in [0.5, 0.6) is 5.75 Å². The van der Waals surface area contributed by atoms with Crippen molar-refractivity contribution >= 4 is 46.9 Å². The van der Waals surface area contributed by atoms with Crippen molar-refractivity contribution in [2.75, 3.05) is 12.0 Å². The van der Waals surface area contributed by atoms with E-state index in [4.69, 9.17) is 16.3 Å². The van der Waals surface area contributed by atoms with Crippen LogP contribution < -0.4 is 15.1 Å². The topological polar surface area (TPSA) is 131 Å². The number of carbonyl (C=O) groups excluding carboxylic acids is 3. The van der Waals surface area contributed by atoms with E-state index in [1.807, 2.05) is 48.5 Å². The summed E-state index contributed by atoms with van der Waals surface area (Å²) in [5.74, 6) is -3.40. The summed E-state index contributed by atoms with van der Waals surface area (Å²) in [5.41, 5.74) is 4.59. The minimum absolute atomic E-state index is 0.0839. The van der Waals surface area contributed by atoms with Gasteiger partial charge in [-0.25, -0.2) is 10.3 Å². The van der Waals surface area contributed by atoms with Crippen molar-refractivity contribution in [2.24, 2.45) is 16.9 Å². The minimum Gasteiger partial charge on any atom is -0.496 e. The minimum atomic E-state index is -1.23. The Morgan fingerprint density at radius 3 is 2.25 bits per heavy atom. The second-order valence-corrected chi connectivity index (χ2v) is 11.2. The number of carbonyl (C=O) groups is 3. The van der Waals surface area contributed by atoms with Crippen LogP contribution in [0, 0.1) is 22.0 Å². The maximum absolute atomic E-state index is 14.4. The predicted octanol–water partition coefficient (Wildman–Crippen LogP) is 5.22. The first-order valence-electron chi connectivity index (χ1n) is 13.8. The predicted molar refractivity (Wildman–Crippen MR) is 162 cm³/mol. The first-order valence-corrected chi connectivity index (χ1v) is 14.2. The number of nitrogens with one attached hydrogen (secondary N) is 1. The lowest BCUT2D eigenvalue weighted by atomic mass is 9.47. The quantitative estimate of drug-likeness (QED) is 0.138. The van der Waals surface area contributed by atoms with Crippen molar-refractivity contribution in [1.82, 2.24) is 5.43 Å². The summed E-state index contributed by atoms with van der Waals surface area (Å²) < 4.78 is 5.25. The number of nitro groups is 1. The normalized spacial score (nSPS) is 22.9. The Morgan fingerprint density at radius 1 is 0.977 bits per heavy atom. The van der Waals surface area contributed by atoms with Crippen molar-refractivity contribution in [3.63, 3.8) is 0 Å². The van der Waals surface area contributed by atoms with Crippen LogP contribution in [0.25, 0.3) is 0 Å². The van der Waals surface area contributed by atoms with E-state index in [0.717, 1.165) is 28.3 Å². The maximum atomic E-state index is 14.4. The molecule has 1 saturated heterocycles. The van der Waals surface area contributed by atoms with Crippen LogP contribution in [0.15, 0.2) is 96.1 Å². The molecule has 44 heavy (non-hydrogen) atoms. The zero-order valence-corrected chi connectivity index (χ0v) is 23.9. The molecule has 1 fully saturated rings. The highest BCUT2D eigenvalue weighted by molar-refractivity contribution is 6.36. The van der Waals surface area contributed by atoms with Gasteiger partial charge >= 0.3 is 0 Å². The molecule has 8 rings (SSSR count). The number of nitrogens with zero attached hydrogens (tertiary/aromatic N) is 3. The van der Waals surface area contributed by atoms with Gasteiger partial charge in [-0.1, -0.05) is 72.3 Å². The summed E-state index contributed by atoms with van der Waals surface area (Å²) >= 11 is 6.49. The highest BCUT2D eigenvalue weighted by Crippen LogP contribution is 2.63. The van der Waals surface area contributed by atoms with E-state index in [2.05, 4.69) is 10.5 Å². The number of imide groups is 1. The largest absolute Gasteiger partial charge is 0.496 e. The Bertz CT molecular complexity index is 1890. The number of non-ortho nitro benzene ring substituents is 1. The van der Waals surface area contributed by atoms with E-state index in [0.29, 0.717) is 5.69 Å². The van der Waals surface area contributed by atoms with E-state index in [-0.39, 0.29) is 33.8 Å². The van der Waals surface area contributed by atoms with E-state index in [1.54, 1.807) is 24.3 Å². The molecule has 0 radical (unpaired) electrons. The molecule has 0 unspecified atom stereocenters. The molecule has 0 aromatic heterocycles. The number of rotatable bonds is 6. The average molecular weight is 607 g/mol. The molecule has 11 heteroatoms. The van der Waals surface area contributed by atoms with Crippen LogP contribution in [0.1, 0.15) is 38.5 Å². The van der Waals surface area contributed by atoms with Gasteiger partial charge in [-0.05, 0) is 40.5 Å². The molecule has 1 N–H and O–H groups in total. The highest BCUT2D eigenvalue weighted by atomic mass is 35.5. The summed E-state index contributed by atoms with van der Waals surface area (Å²) in [6, 6.07) is 25.7. The van der Waals surface area contributed by atoms with Gasteiger partial charge in [-0.3, -0.25) is 24.5 Å². The van der Waals surface area contributed by atoms with E-state index >= 15 is 0 Å². The molecule has 4 aliphatic rings. The zero-order valence-electron chi connectivity index (χ0n) is 23.1. The first kappa shape index (κ1) is 27.5. The van der Waals surface area contributed by atoms with Crippen molar-refractivity contribution in [2.45, 2.75) is 11.3 Å². The van der Waals surface area contributed by atoms with Gasteiger partial charge in [0.15, 0.2) is 0 Å². The van der Waals surface area contributed by atoms with Crippen LogP contribution in [0.3, 0.4) is 0 Å². The van der Waals surface area contributed by atoms with E-state index in [9.17, 15) is 24.5 Å². The number of halogens is 1. The lowest BCUT2D eigenvalue weighted by molar-refractivity contribution is -0.384. The SMILES string of the molecule is COc1ccc([N+](=O)[O-])cc1C(=O)N/N=C\C12c3ccccc3C(c3ccccc31)[C@H]1C(=O)N(c3ccccc3Cl)C(=O)[C@H]12. The fourth-order valence-electron chi connectivity index (χ4n) is 7.16. The number of methoxy groups -OCH3 is 1. The van der Waals surface area contributed by atoms with Crippen molar-refractivity contribution in [3.05, 3.63) is 134 Å². The molecule has 10 nitrogen and oxygen atoms in total. The molecule has 1 aliphatic heterocycles. The van der Waals surface area contributed by atoms with Crippen LogP contribution in [-0.4, -0.2) is 36.0 Å². The number of anilines is 1. The Kier molecular flexibility index (Phi) is 6.33. The van der Waals surface area contributed by atoms with Crippen molar-refractivity contribution < 1.29 is 24.0 Å². The molecule has 2 bridgehead atoms. The maximum Gasteiger partial charge on any atom is 0.275 e. The van der Waals surface area contributed by atoms with Gasteiger partial charge in [0.05, 0.1) is 45.6 Å². The molecule has 0 saturated carbocycles. The summed E-state index contributed by atoms with van der Waals surface area (Å²) in [4.78, 5) is 53.9. The average Bonchev–Trinajstić information content (AvgIpc) is 3.31. The van der Waals surface area contributed by atoms with Gasteiger partial charge in [0, 0.05) is 24.3 Å². The summed E-state index contributed by atoms with van der Waals surface area (Å²) in [7, 11) is 1.35. The number of benzene rings is 4. The zero-order chi connectivity index (χ0) is 30.7. The first-order chi connectivity index (χ1) is 21.3. The Morgan fingerprint density at radius 2 is 1.61 bits per heavy atom. The van der Waals surface area contributed by atoms with Crippen molar-refractivity contribution in [1.29, 1.82) is 0 Å². The summed E-state index contributed by atoms with van der Waals surface area (Å²) in [6.45, 7) is 0. The number of amides is 3. The fourth-order valence-corrected chi connectivity index (χ4v) is 7.38. The van der Waals surface area contributed by atoms with Crippen molar-refractivity contribution in [3.8, 4) is 5.75 Å². The van der Waals surface area contributed by atoms with Gasteiger partial charge in [0.25, 0.3) is 11.6 Å². The molecule has 218 valence electrons. The van der Waals surface area contributed by atoms with Crippen LogP contribution >= 0.6 is 11.6 Å². The number of nitro benzene ring substituents is 1. The second-order valence-electron chi connectivity index (χ2n) is 10.8. The molecule has 4 aromatic carbocycles. The van der Waals surface area contributed by atoms with Gasteiger partial charge in [-0.2, -0.15) is 5.10 Å². The highest BCUT2D eigenvalue weighted by Gasteiger charge is 2.68. The van der Waals surface area contributed by atoms with Gasteiger partial charge in [0.2, 0.25) is 11.8 Å². The Balaban J connectivity index is 1.38. The van der Waals surface area contributed by atoms with Crippen LogP contribution in [-0.2, 0) is 15.0 Å². The van der Waals surface area contributed by atoms with Crippen LogP contribution in [0.4, 0.5) is 11.4 Å². The molecule has 3 amide bonds. The van der Waals surface area contributed by atoms with E-state index < -0.39 is 34.0 Å². The number of hydrogen-bond acceptors (Lipinski definition) is 7.